The first-order valence-corrected chi connectivity index (χ1v) is 6.40. The van der Waals surface area contributed by atoms with E-state index in [4.69, 9.17) is 0 Å². The van der Waals surface area contributed by atoms with Gasteiger partial charge in [-0.1, -0.05) is 48.5 Å². The lowest BCUT2D eigenvalue weighted by molar-refractivity contribution is -0.120. The third kappa shape index (κ3) is 4.14. The second-order valence-corrected chi connectivity index (χ2v) is 4.47. The Hall–Kier alpha value is -2.29. The van der Waals surface area contributed by atoms with E-state index in [1.165, 1.54) is 5.56 Å². The van der Waals surface area contributed by atoms with E-state index in [1.807, 2.05) is 61.5 Å². The summed E-state index contributed by atoms with van der Waals surface area (Å²) in [4.78, 5) is 11.7. The molecular weight excluding hydrogens is 236 g/mol. The maximum absolute atomic E-state index is 11.7. The van der Waals surface area contributed by atoms with Gasteiger partial charge >= 0.3 is 0 Å². The number of carbonyl (C=O) groups excluding carboxylic acids is 1. The lowest BCUT2D eigenvalue weighted by atomic mass is 10.1. The minimum atomic E-state index is -0.00731. The Morgan fingerprint density at radius 1 is 1.00 bits per heavy atom. The zero-order valence-electron chi connectivity index (χ0n) is 11.0. The normalized spacial score (nSPS) is 9.95. The number of amides is 1. The molecule has 98 valence electrons. The first-order chi connectivity index (χ1) is 9.25. The molecule has 3 heteroatoms. The minimum Gasteiger partial charge on any atom is -0.298 e. The lowest BCUT2D eigenvalue weighted by Crippen LogP contribution is -2.29. The zero-order chi connectivity index (χ0) is 13.5. The summed E-state index contributed by atoms with van der Waals surface area (Å²) in [5, 5.41) is 0. The predicted octanol–water partition coefficient (Wildman–Crippen LogP) is 3.07. The van der Waals surface area contributed by atoms with Crippen molar-refractivity contribution in [2.45, 2.75) is 19.8 Å². The van der Waals surface area contributed by atoms with Crippen molar-refractivity contribution >= 4 is 11.6 Å². The fraction of sp³-hybridized carbons (Fsp3) is 0.188. The number of rotatable bonds is 5. The van der Waals surface area contributed by atoms with Crippen molar-refractivity contribution in [3.05, 3.63) is 65.7 Å². The Kier molecular flexibility index (Phi) is 4.56. The van der Waals surface area contributed by atoms with Crippen molar-refractivity contribution in [3.63, 3.8) is 0 Å². The Morgan fingerprint density at radius 2 is 1.68 bits per heavy atom. The van der Waals surface area contributed by atoms with Crippen molar-refractivity contribution in [3.8, 4) is 0 Å². The van der Waals surface area contributed by atoms with Gasteiger partial charge in [-0.25, -0.2) is 0 Å². The third-order valence-electron chi connectivity index (χ3n) is 2.97. The molecule has 2 rings (SSSR count). The molecule has 0 saturated carbocycles. The second-order valence-electron chi connectivity index (χ2n) is 4.47. The Bertz CT molecular complexity index is 537. The van der Waals surface area contributed by atoms with E-state index in [9.17, 15) is 4.79 Å². The molecule has 0 aliphatic carbocycles. The number of hydrazine groups is 1. The van der Waals surface area contributed by atoms with Crippen molar-refractivity contribution in [1.82, 2.24) is 5.43 Å². The fourth-order valence-electron chi connectivity index (χ4n) is 1.82. The molecule has 0 bridgehead atoms. The summed E-state index contributed by atoms with van der Waals surface area (Å²) in [6, 6.07) is 17.8. The SMILES string of the molecule is Cc1ccccc1NNC(=O)CCc1ccccc1. The largest absolute Gasteiger partial charge is 0.298 e. The van der Waals surface area contributed by atoms with E-state index in [2.05, 4.69) is 10.9 Å². The van der Waals surface area contributed by atoms with Crippen LogP contribution < -0.4 is 10.9 Å². The summed E-state index contributed by atoms with van der Waals surface area (Å²) in [6.45, 7) is 2.00. The number of hydrogen-bond donors (Lipinski definition) is 2. The van der Waals surface area contributed by atoms with E-state index < -0.39 is 0 Å². The Labute approximate surface area is 113 Å². The molecular formula is C16H18N2O. The highest BCUT2D eigenvalue weighted by molar-refractivity contribution is 5.77. The number of aryl methyl sites for hydroxylation is 2. The second kappa shape index (κ2) is 6.59. The fourth-order valence-corrected chi connectivity index (χ4v) is 1.82. The van der Waals surface area contributed by atoms with Crippen molar-refractivity contribution in [2.75, 3.05) is 5.43 Å². The van der Waals surface area contributed by atoms with Gasteiger partial charge in [0, 0.05) is 6.42 Å². The van der Waals surface area contributed by atoms with Gasteiger partial charge in [-0.15, -0.1) is 0 Å². The summed E-state index contributed by atoms with van der Waals surface area (Å²) in [7, 11) is 0. The van der Waals surface area contributed by atoms with Crippen LogP contribution in [0.25, 0.3) is 0 Å². The topological polar surface area (TPSA) is 41.1 Å². The van der Waals surface area contributed by atoms with Gasteiger partial charge in [0.15, 0.2) is 0 Å². The average molecular weight is 254 g/mol. The van der Waals surface area contributed by atoms with Crippen LogP contribution in [0, 0.1) is 6.92 Å². The average Bonchev–Trinajstić information content (AvgIpc) is 2.45. The van der Waals surface area contributed by atoms with Crippen molar-refractivity contribution in [2.24, 2.45) is 0 Å². The molecule has 2 N–H and O–H groups in total. The molecule has 2 aromatic carbocycles. The molecule has 0 aliphatic heterocycles. The molecule has 3 nitrogen and oxygen atoms in total. The van der Waals surface area contributed by atoms with E-state index in [-0.39, 0.29) is 5.91 Å². The first kappa shape index (κ1) is 13.1. The number of carbonyl (C=O) groups is 1. The smallest absolute Gasteiger partial charge is 0.238 e. The lowest BCUT2D eigenvalue weighted by Gasteiger charge is -2.10. The van der Waals surface area contributed by atoms with Crippen LogP contribution in [0.2, 0.25) is 0 Å². The summed E-state index contributed by atoms with van der Waals surface area (Å²) >= 11 is 0. The summed E-state index contributed by atoms with van der Waals surface area (Å²) in [5.41, 5.74) is 8.87. The van der Waals surface area contributed by atoms with E-state index in [1.54, 1.807) is 0 Å². The van der Waals surface area contributed by atoms with Gasteiger partial charge in [0.25, 0.3) is 0 Å². The van der Waals surface area contributed by atoms with Gasteiger partial charge in [-0.2, -0.15) is 0 Å². The van der Waals surface area contributed by atoms with Crippen LogP contribution in [0.1, 0.15) is 17.5 Å². The van der Waals surface area contributed by atoms with Gasteiger partial charge in [0.1, 0.15) is 0 Å². The number of para-hydroxylation sites is 1. The number of hydrogen-bond acceptors (Lipinski definition) is 2. The highest BCUT2D eigenvalue weighted by Gasteiger charge is 2.02. The molecule has 0 spiro atoms. The van der Waals surface area contributed by atoms with Crippen LogP contribution in [-0.2, 0) is 11.2 Å². The van der Waals surface area contributed by atoms with Crippen LogP contribution in [0.15, 0.2) is 54.6 Å². The molecule has 0 saturated heterocycles. The van der Waals surface area contributed by atoms with Crippen LogP contribution >= 0.6 is 0 Å². The molecule has 0 aromatic heterocycles. The number of anilines is 1. The Balaban J connectivity index is 1.78. The van der Waals surface area contributed by atoms with Gasteiger partial charge < -0.3 is 0 Å². The van der Waals surface area contributed by atoms with E-state index >= 15 is 0 Å². The summed E-state index contributed by atoms with van der Waals surface area (Å²) in [5.74, 6) is -0.00731. The van der Waals surface area contributed by atoms with Crippen LogP contribution in [0.3, 0.4) is 0 Å². The maximum Gasteiger partial charge on any atom is 0.238 e. The van der Waals surface area contributed by atoms with Crippen molar-refractivity contribution < 1.29 is 4.79 Å². The van der Waals surface area contributed by atoms with Crippen LogP contribution in [-0.4, -0.2) is 5.91 Å². The molecule has 1 amide bonds. The van der Waals surface area contributed by atoms with E-state index in [0.29, 0.717) is 6.42 Å². The molecule has 0 aliphatic rings. The molecule has 0 heterocycles. The number of nitrogens with one attached hydrogen (secondary N) is 2. The summed E-state index contributed by atoms with van der Waals surface area (Å²) in [6.07, 6.45) is 1.23. The molecule has 0 radical (unpaired) electrons. The highest BCUT2D eigenvalue weighted by atomic mass is 16.2. The first-order valence-electron chi connectivity index (χ1n) is 6.40. The molecule has 0 atom stereocenters. The third-order valence-corrected chi connectivity index (χ3v) is 2.97. The van der Waals surface area contributed by atoms with Gasteiger partial charge in [-0.05, 0) is 30.5 Å². The van der Waals surface area contributed by atoms with Crippen molar-refractivity contribution in [1.29, 1.82) is 0 Å². The Morgan fingerprint density at radius 3 is 2.42 bits per heavy atom. The number of benzene rings is 2. The monoisotopic (exact) mass is 254 g/mol. The summed E-state index contributed by atoms with van der Waals surface area (Å²) < 4.78 is 0. The van der Waals surface area contributed by atoms with Gasteiger partial charge in [0.2, 0.25) is 5.91 Å². The predicted molar refractivity (Wildman–Crippen MR) is 77.7 cm³/mol. The molecule has 0 unspecified atom stereocenters. The van der Waals surface area contributed by atoms with Gasteiger partial charge in [-0.3, -0.25) is 15.6 Å². The molecule has 19 heavy (non-hydrogen) atoms. The minimum absolute atomic E-state index is 0.00731. The van der Waals surface area contributed by atoms with Crippen LogP contribution in [0.5, 0.6) is 0 Å². The molecule has 2 aromatic rings. The quantitative estimate of drug-likeness (QED) is 0.805. The zero-order valence-corrected chi connectivity index (χ0v) is 11.0. The highest BCUT2D eigenvalue weighted by Crippen LogP contribution is 2.11. The van der Waals surface area contributed by atoms with Crippen LogP contribution in [0.4, 0.5) is 5.69 Å². The standard InChI is InChI=1S/C16H18N2O/c1-13-7-5-6-10-15(13)17-18-16(19)12-11-14-8-3-2-4-9-14/h2-10,17H,11-12H2,1H3,(H,18,19). The molecule has 0 fully saturated rings. The van der Waals surface area contributed by atoms with Gasteiger partial charge in [0.05, 0.1) is 5.69 Å². The van der Waals surface area contributed by atoms with E-state index in [0.717, 1.165) is 17.7 Å². The maximum atomic E-state index is 11.7.